The highest BCUT2D eigenvalue weighted by Crippen LogP contribution is 2.44. The minimum Gasteiger partial charge on any atom is -0.481 e. The highest BCUT2D eigenvalue weighted by Gasteiger charge is 2.30. The van der Waals surface area contributed by atoms with Crippen LogP contribution in [0.2, 0.25) is 0 Å². The molecule has 1 saturated heterocycles. The summed E-state index contributed by atoms with van der Waals surface area (Å²) in [6.07, 6.45) is 2.32. The molecule has 1 fully saturated rings. The van der Waals surface area contributed by atoms with Crippen molar-refractivity contribution in [2.45, 2.75) is 20.3 Å². The highest BCUT2D eigenvalue weighted by molar-refractivity contribution is 5.89. The molecule has 6 nitrogen and oxygen atoms in total. The number of piperazine rings is 1. The van der Waals surface area contributed by atoms with Gasteiger partial charge in [0.05, 0.1) is 5.41 Å². The van der Waals surface area contributed by atoms with E-state index in [1.165, 1.54) is 6.07 Å². The van der Waals surface area contributed by atoms with Gasteiger partial charge in [0.25, 0.3) is 0 Å². The first-order chi connectivity index (χ1) is 14.3. The van der Waals surface area contributed by atoms with Crippen LogP contribution in [-0.2, 0) is 4.79 Å². The van der Waals surface area contributed by atoms with Gasteiger partial charge in [-0.1, -0.05) is 12.1 Å². The highest BCUT2D eigenvalue weighted by atomic mass is 19.1. The molecule has 2 aromatic carbocycles. The minimum absolute atomic E-state index is 0.330. The fraction of sp³-hybridized carbons (Fsp3) is 0.391. The van der Waals surface area contributed by atoms with Gasteiger partial charge in [0.15, 0.2) is 11.6 Å². The lowest BCUT2D eigenvalue weighted by molar-refractivity contribution is -0.147. The monoisotopic (exact) mass is 411 g/mol. The number of rotatable bonds is 5. The summed E-state index contributed by atoms with van der Waals surface area (Å²) >= 11 is 0. The van der Waals surface area contributed by atoms with E-state index in [9.17, 15) is 14.3 Å². The molecule has 2 aliphatic rings. The number of anilines is 1. The number of aliphatic imine (C=N–C) groups is 1. The molecule has 30 heavy (non-hydrogen) atoms. The maximum absolute atomic E-state index is 14.9. The van der Waals surface area contributed by atoms with Crippen LogP contribution in [0.4, 0.5) is 15.8 Å². The molecule has 0 spiro atoms. The minimum atomic E-state index is -0.784. The van der Waals surface area contributed by atoms with Crippen molar-refractivity contribution in [1.82, 2.24) is 4.90 Å². The van der Waals surface area contributed by atoms with E-state index >= 15 is 0 Å². The van der Waals surface area contributed by atoms with Crippen LogP contribution in [0.15, 0.2) is 41.4 Å². The van der Waals surface area contributed by atoms with E-state index in [4.69, 9.17) is 4.74 Å². The fourth-order valence-electron chi connectivity index (χ4n) is 3.70. The number of para-hydroxylation sites is 1. The topological polar surface area (TPSA) is 65.4 Å². The molecule has 7 heteroatoms. The third kappa shape index (κ3) is 4.03. The summed E-state index contributed by atoms with van der Waals surface area (Å²) in [5, 5.41) is 9.30. The zero-order valence-corrected chi connectivity index (χ0v) is 17.3. The number of fused-ring (bicyclic) bond motifs is 2. The molecule has 0 radical (unpaired) electrons. The van der Waals surface area contributed by atoms with Crippen LogP contribution in [0, 0.1) is 11.2 Å². The molecule has 0 aliphatic carbocycles. The Labute approximate surface area is 175 Å². The van der Waals surface area contributed by atoms with E-state index in [0.29, 0.717) is 48.9 Å². The second-order valence-corrected chi connectivity index (χ2v) is 8.41. The number of carbonyl (C=O) groups is 1. The van der Waals surface area contributed by atoms with Gasteiger partial charge in [0.1, 0.15) is 17.1 Å². The predicted molar refractivity (Wildman–Crippen MR) is 115 cm³/mol. The molecule has 0 aromatic heterocycles. The molecular formula is C23H26FN3O3. The Morgan fingerprint density at radius 2 is 1.90 bits per heavy atom. The summed E-state index contributed by atoms with van der Waals surface area (Å²) in [5.41, 5.74) is 1.14. The van der Waals surface area contributed by atoms with E-state index in [1.807, 2.05) is 29.2 Å². The van der Waals surface area contributed by atoms with Gasteiger partial charge >= 0.3 is 5.97 Å². The standard InChI is InChI=1S/C23H26FN3O3/c1-23(2,22(28)29)9-10-26-11-13-27(14-12-26)20-17(24)7-8-18-21(20)30-19-6-4-3-5-16(19)15-25-18/h3-8,15H,9-14H2,1-2H3,(H,28,29). The summed E-state index contributed by atoms with van der Waals surface area (Å²) in [4.78, 5) is 20.1. The van der Waals surface area contributed by atoms with Crippen LogP contribution in [0.25, 0.3) is 0 Å². The predicted octanol–water partition coefficient (Wildman–Crippen LogP) is 4.30. The van der Waals surface area contributed by atoms with E-state index in [-0.39, 0.29) is 5.82 Å². The van der Waals surface area contributed by atoms with Crippen molar-refractivity contribution in [2.75, 3.05) is 37.6 Å². The first-order valence-electron chi connectivity index (χ1n) is 10.2. The Hall–Kier alpha value is -2.93. The average Bonchev–Trinajstić information content (AvgIpc) is 2.92. The summed E-state index contributed by atoms with van der Waals surface area (Å²) in [6.45, 7) is 6.94. The van der Waals surface area contributed by atoms with Crippen LogP contribution >= 0.6 is 0 Å². The van der Waals surface area contributed by atoms with Gasteiger partial charge in [-0.15, -0.1) is 0 Å². The van der Waals surface area contributed by atoms with Gasteiger partial charge in [-0.25, -0.2) is 4.39 Å². The zero-order chi connectivity index (χ0) is 21.3. The van der Waals surface area contributed by atoms with Crippen molar-refractivity contribution in [2.24, 2.45) is 10.4 Å². The normalized spacial score (nSPS) is 16.4. The Bertz CT molecular complexity index is 982. The second-order valence-electron chi connectivity index (χ2n) is 8.41. The smallest absolute Gasteiger partial charge is 0.309 e. The average molecular weight is 411 g/mol. The molecule has 4 rings (SSSR count). The summed E-state index contributed by atoms with van der Waals surface area (Å²) in [6, 6.07) is 10.6. The van der Waals surface area contributed by atoms with Crippen LogP contribution in [0.1, 0.15) is 25.8 Å². The molecule has 0 unspecified atom stereocenters. The van der Waals surface area contributed by atoms with Crippen LogP contribution in [0.5, 0.6) is 11.5 Å². The number of ether oxygens (including phenoxy) is 1. The molecule has 0 bridgehead atoms. The number of nitrogens with zero attached hydrogens (tertiary/aromatic N) is 3. The van der Waals surface area contributed by atoms with Crippen molar-refractivity contribution >= 4 is 23.6 Å². The van der Waals surface area contributed by atoms with Crippen molar-refractivity contribution in [3.05, 3.63) is 47.8 Å². The second kappa shape index (κ2) is 8.07. The summed E-state index contributed by atoms with van der Waals surface area (Å²) in [5.74, 6) is -0.0185. The first kappa shape index (κ1) is 20.3. The van der Waals surface area contributed by atoms with Crippen LogP contribution in [-0.4, -0.2) is 54.9 Å². The molecule has 2 aromatic rings. The third-order valence-corrected chi connectivity index (χ3v) is 5.86. The van der Waals surface area contributed by atoms with Gasteiger partial charge < -0.3 is 14.7 Å². The lowest BCUT2D eigenvalue weighted by atomic mass is 9.89. The summed E-state index contributed by atoms with van der Waals surface area (Å²) in [7, 11) is 0. The number of carboxylic acid groups (broad SMARTS) is 1. The van der Waals surface area contributed by atoms with Gasteiger partial charge in [-0.3, -0.25) is 14.7 Å². The Morgan fingerprint density at radius 3 is 2.63 bits per heavy atom. The van der Waals surface area contributed by atoms with Crippen molar-refractivity contribution in [3.8, 4) is 11.5 Å². The Morgan fingerprint density at radius 1 is 1.17 bits per heavy atom. The van der Waals surface area contributed by atoms with Crippen molar-refractivity contribution in [1.29, 1.82) is 0 Å². The third-order valence-electron chi connectivity index (χ3n) is 5.86. The molecular weight excluding hydrogens is 385 g/mol. The van der Waals surface area contributed by atoms with Crippen LogP contribution < -0.4 is 9.64 Å². The molecule has 1 N–H and O–H groups in total. The molecule has 0 atom stereocenters. The van der Waals surface area contributed by atoms with Gasteiger partial charge in [-0.2, -0.15) is 0 Å². The van der Waals surface area contributed by atoms with E-state index < -0.39 is 11.4 Å². The van der Waals surface area contributed by atoms with Gasteiger partial charge in [0.2, 0.25) is 0 Å². The number of carboxylic acids is 1. The number of halogens is 1. The zero-order valence-electron chi connectivity index (χ0n) is 17.3. The Kier molecular flexibility index (Phi) is 5.47. The van der Waals surface area contributed by atoms with Crippen LogP contribution in [0.3, 0.4) is 0 Å². The van der Waals surface area contributed by atoms with Gasteiger partial charge in [-0.05, 0) is 51.1 Å². The molecule has 0 saturated carbocycles. The number of hydrogen-bond donors (Lipinski definition) is 1. The maximum atomic E-state index is 14.9. The van der Waals surface area contributed by atoms with E-state index in [0.717, 1.165) is 18.7 Å². The van der Waals surface area contributed by atoms with Gasteiger partial charge in [0, 0.05) is 38.0 Å². The number of benzene rings is 2. The van der Waals surface area contributed by atoms with E-state index in [1.54, 1.807) is 26.1 Å². The maximum Gasteiger partial charge on any atom is 0.309 e. The van der Waals surface area contributed by atoms with Crippen molar-refractivity contribution in [3.63, 3.8) is 0 Å². The fourth-order valence-corrected chi connectivity index (χ4v) is 3.70. The lowest BCUT2D eigenvalue weighted by Gasteiger charge is -2.37. The van der Waals surface area contributed by atoms with E-state index in [2.05, 4.69) is 9.89 Å². The number of hydrogen-bond acceptors (Lipinski definition) is 5. The molecule has 2 aliphatic heterocycles. The first-order valence-corrected chi connectivity index (χ1v) is 10.2. The molecule has 0 amide bonds. The molecule has 158 valence electrons. The molecule has 2 heterocycles. The number of aliphatic carboxylic acids is 1. The Balaban J connectivity index is 1.51. The lowest BCUT2D eigenvalue weighted by Crippen LogP contribution is -2.47. The van der Waals surface area contributed by atoms with Crippen molar-refractivity contribution < 1.29 is 19.0 Å². The summed E-state index contributed by atoms with van der Waals surface area (Å²) < 4.78 is 21.0. The largest absolute Gasteiger partial charge is 0.481 e. The quantitative estimate of drug-likeness (QED) is 0.678. The SMILES string of the molecule is CC(C)(CCN1CCN(c2c(F)ccc3c2Oc2ccccc2C=N3)CC1)C(=O)O.